The Morgan fingerprint density at radius 2 is 1.91 bits per heavy atom. The van der Waals surface area contributed by atoms with E-state index in [0.717, 1.165) is 42.9 Å². The van der Waals surface area contributed by atoms with Gasteiger partial charge in [-0.1, -0.05) is 13.8 Å². The molecule has 33 heavy (non-hydrogen) atoms. The van der Waals surface area contributed by atoms with E-state index in [4.69, 9.17) is 4.42 Å². The maximum Gasteiger partial charge on any atom is 0.335 e. The van der Waals surface area contributed by atoms with E-state index in [1.54, 1.807) is 6.26 Å². The second-order valence-electron chi connectivity index (χ2n) is 12.2. The first-order valence-electron chi connectivity index (χ1n) is 13.1. The van der Waals surface area contributed by atoms with Crippen LogP contribution in [0.15, 0.2) is 40.1 Å². The Morgan fingerprint density at radius 3 is 2.64 bits per heavy atom. The van der Waals surface area contributed by atoms with Gasteiger partial charge in [0.15, 0.2) is 0 Å². The molecule has 2 aromatic rings. The van der Waals surface area contributed by atoms with Crippen molar-refractivity contribution in [3.63, 3.8) is 0 Å². The summed E-state index contributed by atoms with van der Waals surface area (Å²) in [5.74, 6) is 1.98. The summed E-state index contributed by atoms with van der Waals surface area (Å²) in [6.07, 6.45) is 16.1. The van der Waals surface area contributed by atoms with Crippen LogP contribution in [-0.2, 0) is 0 Å². The van der Waals surface area contributed by atoms with Gasteiger partial charge in [-0.3, -0.25) is 0 Å². The lowest BCUT2D eigenvalue weighted by Crippen LogP contribution is -2.61. The molecule has 0 spiro atoms. The molecule has 6 rings (SSSR count). The first-order chi connectivity index (χ1) is 15.7. The lowest BCUT2D eigenvalue weighted by atomic mass is 9.43. The van der Waals surface area contributed by atoms with Crippen molar-refractivity contribution in [2.45, 2.75) is 96.1 Å². The zero-order chi connectivity index (χ0) is 23.0. The van der Waals surface area contributed by atoms with Gasteiger partial charge in [-0.2, -0.15) is 0 Å². The van der Waals surface area contributed by atoms with Crippen molar-refractivity contribution >= 4 is 0 Å². The van der Waals surface area contributed by atoms with E-state index in [-0.39, 0.29) is 17.0 Å². The number of hydrogen-bond donors (Lipinski definition) is 1. The van der Waals surface area contributed by atoms with Crippen LogP contribution in [0.2, 0.25) is 0 Å². The van der Waals surface area contributed by atoms with Crippen LogP contribution in [0.25, 0.3) is 0 Å². The molecule has 0 saturated heterocycles. The van der Waals surface area contributed by atoms with Gasteiger partial charge in [-0.15, -0.1) is 0 Å². The van der Waals surface area contributed by atoms with Gasteiger partial charge in [0.05, 0.1) is 23.9 Å². The van der Waals surface area contributed by atoms with Gasteiger partial charge in [-0.25, -0.2) is 9.78 Å². The normalized spacial score (nSPS) is 44.7. The molecule has 0 radical (unpaired) electrons. The van der Waals surface area contributed by atoms with Crippen LogP contribution in [-0.4, -0.2) is 20.3 Å². The highest BCUT2D eigenvalue weighted by molar-refractivity contribution is 5.27. The summed E-state index contributed by atoms with van der Waals surface area (Å²) in [4.78, 5) is 16.0. The number of imidazole rings is 1. The van der Waals surface area contributed by atoms with Gasteiger partial charge in [0.25, 0.3) is 0 Å². The van der Waals surface area contributed by atoms with Crippen LogP contribution >= 0.6 is 0 Å². The fraction of sp³-hybridized carbons (Fsp3) is 0.714. The van der Waals surface area contributed by atoms with Crippen LogP contribution in [0.4, 0.5) is 0 Å². The Kier molecular flexibility index (Phi) is 4.79. The molecule has 178 valence electrons. The first kappa shape index (κ1) is 21.6. The molecule has 5 heteroatoms. The summed E-state index contributed by atoms with van der Waals surface area (Å²) in [6, 6.07) is 4.03. The number of aryl methyl sites for hydroxylation is 1. The summed E-state index contributed by atoms with van der Waals surface area (Å²) >= 11 is 0. The van der Waals surface area contributed by atoms with Gasteiger partial charge in [0, 0.05) is 23.7 Å². The van der Waals surface area contributed by atoms with Crippen LogP contribution in [0.1, 0.15) is 94.9 Å². The van der Waals surface area contributed by atoms with Gasteiger partial charge < -0.3 is 14.1 Å². The second-order valence-corrected chi connectivity index (χ2v) is 12.2. The molecule has 5 nitrogen and oxygen atoms in total. The summed E-state index contributed by atoms with van der Waals surface area (Å²) in [5.41, 5.74) is 1.45. The second kappa shape index (κ2) is 7.31. The molecule has 0 amide bonds. The minimum absolute atomic E-state index is 0.150. The Bertz CT molecular complexity index is 1090. The lowest BCUT2D eigenvalue weighted by molar-refractivity contribution is -0.202. The van der Waals surface area contributed by atoms with E-state index in [2.05, 4.69) is 36.5 Å². The lowest BCUT2D eigenvalue weighted by Gasteiger charge is -2.63. The van der Waals surface area contributed by atoms with Crippen LogP contribution in [0, 0.1) is 35.5 Å². The molecule has 0 unspecified atom stereocenters. The largest absolute Gasteiger partial charge is 0.431 e. The maximum absolute atomic E-state index is 12.4. The van der Waals surface area contributed by atoms with Crippen molar-refractivity contribution in [2.24, 2.45) is 28.6 Å². The summed E-state index contributed by atoms with van der Waals surface area (Å²) in [7, 11) is 0. The number of aliphatic hydroxyl groups is 1. The Morgan fingerprint density at radius 1 is 1.06 bits per heavy atom. The molecular weight excluding hydrogens is 412 g/mol. The fourth-order valence-corrected chi connectivity index (χ4v) is 9.21. The number of hydrogen-bond acceptors (Lipinski definition) is 4. The van der Waals surface area contributed by atoms with Gasteiger partial charge in [0.2, 0.25) is 0 Å². The average Bonchev–Trinajstić information content (AvgIpc) is 3.35. The minimum Gasteiger partial charge on any atom is -0.431 e. The van der Waals surface area contributed by atoms with Crippen molar-refractivity contribution in [1.29, 1.82) is 0 Å². The molecule has 0 bridgehead atoms. The van der Waals surface area contributed by atoms with E-state index in [1.807, 2.05) is 12.4 Å². The van der Waals surface area contributed by atoms with Crippen molar-refractivity contribution in [3.8, 4) is 0 Å². The summed E-state index contributed by atoms with van der Waals surface area (Å²) < 4.78 is 7.58. The topological polar surface area (TPSA) is 68.3 Å². The zero-order valence-electron chi connectivity index (χ0n) is 20.3. The third kappa shape index (κ3) is 3.00. The molecule has 4 fully saturated rings. The number of aromatic nitrogens is 2. The van der Waals surface area contributed by atoms with Gasteiger partial charge in [0.1, 0.15) is 0 Å². The molecular formula is C28H38N2O3. The summed E-state index contributed by atoms with van der Waals surface area (Å²) in [5, 5.41) is 12.4. The standard InChI is InChI=1S/C28H38N2O3/c1-18-15-30(17-29-18)21-8-11-26(2)20(14-21)5-6-24-23(26)9-12-27(3)22(10-13-28(24,27)32)19-4-7-25(31)33-16-19/h4,7,15-17,20-24,32H,5-6,8-14H2,1-3H3/t20-,21+,22-,23+,24-,26+,27-,28+/m1/s1. The molecule has 2 heterocycles. The Hall–Kier alpha value is -1.88. The Balaban J connectivity index is 1.27. The van der Waals surface area contributed by atoms with Crippen molar-refractivity contribution in [2.75, 3.05) is 0 Å². The number of nitrogens with zero attached hydrogens (tertiary/aromatic N) is 2. The molecule has 4 saturated carbocycles. The highest BCUT2D eigenvalue weighted by Crippen LogP contribution is 2.70. The van der Waals surface area contributed by atoms with Crippen LogP contribution in [0.5, 0.6) is 0 Å². The molecule has 8 atom stereocenters. The molecule has 4 aliphatic rings. The van der Waals surface area contributed by atoms with Crippen molar-refractivity contribution in [1.82, 2.24) is 9.55 Å². The zero-order valence-corrected chi connectivity index (χ0v) is 20.3. The minimum atomic E-state index is -0.622. The van der Waals surface area contributed by atoms with Crippen molar-refractivity contribution in [3.05, 3.63) is 52.6 Å². The molecule has 2 aromatic heterocycles. The van der Waals surface area contributed by atoms with Gasteiger partial charge in [-0.05, 0) is 105 Å². The third-order valence-electron chi connectivity index (χ3n) is 11.1. The third-order valence-corrected chi connectivity index (χ3v) is 11.1. The van der Waals surface area contributed by atoms with Gasteiger partial charge >= 0.3 is 5.63 Å². The maximum atomic E-state index is 12.4. The monoisotopic (exact) mass is 450 g/mol. The average molecular weight is 451 g/mol. The van der Waals surface area contributed by atoms with E-state index in [0.29, 0.717) is 23.3 Å². The fourth-order valence-electron chi connectivity index (χ4n) is 9.21. The van der Waals surface area contributed by atoms with Crippen molar-refractivity contribution < 1.29 is 9.52 Å². The Labute approximate surface area is 196 Å². The molecule has 0 aromatic carbocycles. The van der Waals surface area contributed by atoms with E-state index < -0.39 is 5.60 Å². The highest BCUT2D eigenvalue weighted by atomic mass is 16.4. The highest BCUT2D eigenvalue weighted by Gasteiger charge is 2.67. The predicted octanol–water partition coefficient (Wildman–Crippen LogP) is 5.63. The predicted molar refractivity (Wildman–Crippen MR) is 127 cm³/mol. The smallest absolute Gasteiger partial charge is 0.335 e. The molecule has 1 N–H and O–H groups in total. The van der Waals surface area contributed by atoms with E-state index in [1.165, 1.54) is 38.2 Å². The van der Waals surface area contributed by atoms with Crippen LogP contribution < -0.4 is 5.63 Å². The quantitative estimate of drug-likeness (QED) is 0.644. The summed E-state index contributed by atoms with van der Waals surface area (Å²) in [6.45, 7) is 6.94. The molecule has 0 aliphatic heterocycles. The number of fused-ring (bicyclic) bond motifs is 5. The SMILES string of the molecule is Cc1cn([C@H]2CC[C@@]3(C)[C@H](CC[C@@H]4[C@@H]3CC[C@]3(C)[C@@H](c5ccc(=O)oc5)CC[C@]43O)C2)cn1. The number of rotatable bonds is 2. The van der Waals surface area contributed by atoms with E-state index in [9.17, 15) is 9.90 Å². The molecule has 4 aliphatic carbocycles. The van der Waals surface area contributed by atoms with Crippen LogP contribution in [0.3, 0.4) is 0 Å². The van der Waals surface area contributed by atoms with E-state index >= 15 is 0 Å². The first-order valence-corrected chi connectivity index (χ1v) is 13.1.